The molecule has 0 aliphatic carbocycles. The van der Waals surface area contributed by atoms with Crippen molar-refractivity contribution in [1.29, 1.82) is 0 Å². The van der Waals surface area contributed by atoms with Crippen molar-refractivity contribution in [2.75, 3.05) is 18.2 Å². The van der Waals surface area contributed by atoms with Crippen molar-refractivity contribution in [2.45, 2.75) is 33.2 Å². The molecule has 1 saturated heterocycles. The van der Waals surface area contributed by atoms with E-state index >= 15 is 0 Å². The van der Waals surface area contributed by atoms with Crippen LogP contribution in [0.15, 0.2) is 0 Å². The Morgan fingerprint density at radius 1 is 1.57 bits per heavy atom. The van der Waals surface area contributed by atoms with Crippen LogP contribution in [0.25, 0.3) is 0 Å². The van der Waals surface area contributed by atoms with Crippen molar-refractivity contribution in [3.8, 4) is 0 Å². The van der Waals surface area contributed by atoms with Crippen molar-refractivity contribution in [3.63, 3.8) is 0 Å². The molecule has 1 heterocycles. The number of hydrogen-bond acceptors (Lipinski definition) is 3. The molecule has 3 nitrogen and oxygen atoms in total. The quantitative estimate of drug-likeness (QED) is 0.745. The second kappa shape index (κ2) is 5.03. The molecule has 0 aromatic rings. The summed E-state index contributed by atoms with van der Waals surface area (Å²) in [6, 6.07) is 0.0277. The summed E-state index contributed by atoms with van der Waals surface area (Å²) in [7, 11) is 0. The highest BCUT2D eigenvalue weighted by Gasteiger charge is 2.22. The van der Waals surface area contributed by atoms with Gasteiger partial charge in [0.05, 0.1) is 6.04 Å². The third-order valence-electron chi connectivity index (χ3n) is 2.21. The highest BCUT2D eigenvalue weighted by Crippen LogP contribution is 2.17. The van der Waals surface area contributed by atoms with E-state index in [-0.39, 0.29) is 11.9 Å². The average molecular weight is 216 g/mol. The Hall–Kier alpha value is -0.220. The summed E-state index contributed by atoms with van der Waals surface area (Å²) in [6.07, 6.45) is 1.03. The minimum absolute atomic E-state index is 0.0277. The lowest BCUT2D eigenvalue weighted by Gasteiger charge is -2.19. The number of carbonyl (C=O) groups excluding carboxylic acids is 1. The van der Waals surface area contributed by atoms with E-state index < -0.39 is 0 Å². The summed E-state index contributed by atoms with van der Waals surface area (Å²) in [6.45, 7) is 7.33. The fourth-order valence-corrected chi connectivity index (χ4v) is 2.19. The minimum atomic E-state index is 0.0277. The van der Waals surface area contributed by atoms with Crippen LogP contribution in [0.5, 0.6) is 0 Å². The lowest BCUT2D eigenvalue weighted by atomic mass is 9.92. The molecular formula is C10H20N2OS. The summed E-state index contributed by atoms with van der Waals surface area (Å²) < 4.78 is 0. The highest BCUT2D eigenvalue weighted by molar-refractivity contribution is 7.99. The highest BCUT2D eigenvalue weighted by atomic mass is 32.2. The topological polar surface area (TPSA) is 41.1 Å². The van der Waals surface area contributed by atoms with Gasteiger partial charge in [-0.05, 0) is 11.8 Å². The van der Waals surface area contributed by atoms with Crippen molar-refractivity contribution >= 4 is 17.7 Å². The fraction of sp³-hybridized carbons (Fsp3) is 0.900. The maximum atomic E-state index is 11.5. The number of rotatable bonds is 3. The van der Waals surface area contributed by atoms with E-state index in [1.165, 1.54) is 0 Å². The van der Waals surface area contributed by atoms with Gasteiger partial charge in [-0.25, -0.2) is 0 Å². The Balaban J connectivity index is 2.15. The summed E-state index contributed by atoms with van der Waals surface area (Å²) in [5, 5.41) is 6.12. The minimum Gasteiger partial charge on any atom is -0.355 e. The van der Waals surface area contributed by atoms with E-state index in [4.69, 9.17) is 0 Å². The number of thioether (sulfide) groups is 1. The lowest BCUT2D eigenvalue weighted by molar-refractivity contribution is -0.122. The summed E-state index contributed by atoms with van der Waals surface area (Å²) >= 11 is 1.78. The van der Waals surface area contributed by atoms with E-state index in [0.29, 0.717) is 5.41 Å². The molecule has 0 aromatic carbocycles. The SMILES string of the molecule is CC(C)(C)CCNC(=O)C1CSCN1. The van der Waals surface area contributed by atoms with E-state index in [1.54, 1.807) is 11.8 Å². The standard InChI is InChI=1S/C10H20N2OS/c1-10(2,3)4-5-11-9(13)8-6-14-7-12-8/h8,12H,4-7H2,1-3H3,(H,11,13). The summed E-state index contributed by atoms with van der Waals surface area (Å²) in [4.78, 5) is 11.5. The zero-order chi connectivity index (χ0) is 10.6. The summed E-state index contributed by atoms with van der Waals surface area (Å²) in [5.41, 5.74) is 0.297. The Bertz CT molecular complexity index is 195. The molecule has 1 rings (SSSR count). The van der Waals surface area contributed by atoms with Crippen LogP contribution in [0.2, 0.25) is 0 Å². The van der Waals surface area contributed by atoms with Crippen molar-refractivity contribution in [1.82, 2.24) is 10.6 Å². The van der Waals surface area contributed by atoms with Gasteiger partial charge in [0.15, 0.2) is 0 Å². The van der Waals surface area contributed by atoms with Gasteiger partial charge < -0.3 is 5.32 Å². The van der Waals surface area contributed by atoms with Gasteiger partial charge in [0, 0.05) is 18.2 Å². The van der Waals surface area contributed by atoms with Crippen LogP contribution in [0.4, 0.5) is 0 Å². The molecule has 4 heteroatoms. The van der Waals surface area contributed by atoms with Gasteiger partial charge in [0.2, 0.25) is 5.91 Å². The van der Waals surface area contributed by atoms with Crippen LogP contribution < -0.4 is 10.6 Å². The molecule has 0 saturated carbocycles. The molecule has 1 aliphatic rings. The normalized spacial score (nSPS) is 22.4. The van der Waals surface area contributed by atoms with Crippen LogP contribution in [-0.2, 0) is 4.79 Å². The molecule has 0 spiro atoms. The Labute approximate surface area is 90.4 Å². The van der Waals surface area contributed by atoms with Crippen LogP contribution in [0.1, 0.15) is 27.2 Å². The maximum Gasteiger partial charge on any atom is 0.238 e. The van der Waals surface area contributed by atoms with E-state index in [1.807, 2.05) is 0 Å². The van der Waals surface area contributed by atoms with Gasteiger partial charge in [-0.15, -0.1) is 11.8 Å². The zero-order valence-corrected chi connectivity index (χ0v) is 10.0. The third-order valence-corrected chi connectivity index (χ3v) is 3.15. The van der Waals surface area contributed by atoms with Crippen LogP contribution >= 0.6 is 11.8 Å². The summed E-state index contributed by atoms with van der Waals surface area (Å²) in [5.74, 6) is 1.96. The Kier molecular flexibility index (Phi) is 4.26. The van der Waals surface area contributed by atoms with E-state index in [2.05, 4.69) is 31.4 Å². The Morgan fingerprint density at radius 2 is 2.29 bits per heavy atom. The molecule has 0 aromatic heterocycles. The van der Waals surface area contributed by atoms with Gasteiger partial charge in [0.25, 0.3) is 0 Å². The smallest absolute Gasteiger partial charge is 0.238 e. The van der Waals surface area contributed by atoms with Crippen LogP contribution in [0.3, 0.4) is 0 Å². The predicted octanol–water partition coefficient (Wildman–Crippen LogP) is 1.20. The number of nitrogens with one attached hydrogen (secondary N) is 2. The molecule has 1 amide bonds. The first-order chi connectivity index (χ1) is 6.49. The zero-order valence-electron chi connectivity index (χ0n) is 9.22. The number of hydrogen-bond donors (Lipinski definition) is 2. The monoisotopic (exact) mass is 216 g/mol. The van der Waals surface area contributed by atoms with Gasteiger partial charge in [-0.1, -0.05) is 20.8 Å². The molecule has 1 atom stereocenters. The largest absolute Gasteiger partial charge is 0.355 e. The molecule has 2 N–H and O–H groups in total. The fourth-order valence-electron chi connectivity index (χ4n) is 1.25. The Morgan fingerprint density at radius 3 is 2.79 bits per heavy atom. The van der Waals surface area contributed by atoms with E-state index in [9.17, 15) is 4.79 Å². The number of carbonyl (C=O) groups is 1. The lowest BCUT2D eigenvalue weighted by Crippen LogP contribution is -2.42. The average Bonchev–Trinajstić information content (AvgIpc) is 2.53. The first-order valence-corrected chi connectivity index (χ1v) is 6.23. The van der Waals surface area contributed by atoms with Gasteiger partial charge in [-0.2, -0.15) is 0 Å². The van der Waals surface area contributed by atoms with Gasteiger partial charge >= 0.3 is 0 Å². The molecule has 0 bridgehead atoms. The molecular weight excluding hydrogens is 196 g/mol. The molecule has 14 heavy (non-hydrogen) atoms. The van der Waals surface area contributed by atoms with Crippen LogP contribution in [-0.4, -0.2) is 30.1 Å². The second-order valence-electron chi connectivity index (χ2n) is 4.87. The molecule has 1 unspecified atom stereocenters. The van der Waals surface area contributed by atoms with Gasteiger partial charge in [-0.3, -0.25) is 10.1 Å². The molecule has 0 radical (unpaired) electrons. The van der Waals surface area contributed by atoms with Gasteiger partial charge in [0.1, 0.15) is 0 Å². The molecule has 82 valence electrons. The number of amides is 1. The molecule has 1 fully saturated rings. The predicted molar refractivity (Wildman–Crippen MR) is 61.3 cm³/mol. The van der Waals surface area contributed by atoms with E-state index in [0.717, 1.165) is 24.6 Å². The van der Waals surface area contributed by atoms with Crippen molar-refractivity contribution in [2.24, 2.45) is 5.41 Å². The maximum absolute atomic E-state index is 11.5. The first-order valence-electron chi connectivity index (χ1n) is 5.08. The third kappa shape index (κ3) is 4.33. The van der Waals surface area contributed by atoms with Crippen molar-refractivity contribution < 1.29 is 4.79 Å². The first kappa shape index (κ1) is 11.9. The van der Waals surface area contributed by atoms with Crippen molar-refractivity contribution in [3.05, 3.63) is 0 Å². The second-order valence-corrected chi connectivity index (χ2v) is 5.90. The van der Waals surface area contributed by atoms with Crippen LogP contribution in [0, 0.1) is 5.41 Å². The molecule has 1 aliphatic heterocycles.